The fourth-order valence-electron chi connectivity index (χ4n) is 2.10. The lowest BCUT2D eigenvalue weighted by atomic mass is 10.1. The second kappa shape index (κ2) is 6.81. The molecule has 1 N–H and O–H groups in total. The molecular formula is C15H18BrClN2O2. The van der Waals surface area contributed by atoms with Crippen LogP contribution in [-0.2, 0) is 20.1 Å². The van der Waals surface area contributed by atoms with E-state index in [1.165, 1.54) is 0 Å². The first-order valence-electron chi connectivity index (χ1n) is 6.74. The monoisotopic (exact) mass is 372 g/mol. The minimum atomic E-state index is -0.596. The first-order valence-corrected chi connectivity index (χ1v) is 7.91. The summed E-state index contributed by atoms with van der Waals surface area (Å²) in [5.74, 6) is 0.634. The standard InChI is InChI=1S/C15H18BrClN2O2/c1-4-12-15(17)13(19(3)18-12)8-21-14-7-10(16)5-6-11(14)9(2)20/h5-7,9,20H,4,8H2,1-3H3/t9-/m0/s1. The maximum absolute atomic E-state index is 9.81. The van der Waals surface area contributed by atoms with E-state index in [1.807, 2.05) is 32.2 Å². The number of benzene rings is 1. The molecule has 114 valence electrons. The summed E-state index contributed by atoms with van der Waals surface area (Å²) in [6.45, 7) is 4.03. The van der Waals surface area contributed by atoms with Gasteiger partial charge in [-0.25, -0.2) is 0 Å². The summed E-state index contributed by atoms with van der Waals surface area (Å²) in [7, 11) is 1.85. The van der Waals surface area contributed by atoms with E-state index in [4.69, 9.17) is 16.3 Å². The normalized spacial score (nSPS) is 12.5. The highest BCUT2D eigenvalue weighted by Gasteiger charge is 2.15. The molecule has 2 aromatic rings. The highest BCUT2D eigenvalue weighted by molar-refractivity contribution is 9.10. The van der Waals surface area contributed by atoms with Gasteiger partial charge in [0, 0.05) is 17.1 Å². The highest BCUT2D eigenvalue weighted by Crippen LogP contribution is 2.30. The lowest BCUT2D eigenvalue weighted by Gasteiger charge is -2.14. The van der Waals surface area contributed by atoms with Gasteiger partial charge < -0.3 is 9.84 Å². The van der Waals surface area contributed by atoms with Crippen LogP contribution in [0.5, 0.6) is 5.75 Å². The Morgan fingerprint density at radius 1 is 1.48 bits per heavy atom. The van der Waals surface area contributed by atoms with Crippen molar-refractivity contribution >= 4 is 27.5 Å². The van der Waals surface area contributed by atoms with Crippen LogP contribution in [0.1, 0.15) is 36.9 Å². The Bertz CT molecular complexity index is 641. The number of ether oxygens (including phenoxy) is 1. The SMILES string of the molecule is CCc1nn(C)c(COc2cc(Br)ccc2[C@H](C)O)c1Cl. The largest absolute Gasteiger partial charge is 0.487 e. The van der Waals surface area contributed by atoms with E-state index in [-0.39, 0.29) is 0 Å². The van der Waals surface area contributed by atoms with Crippen molar-refractivity contribution in [3.05, 3.63) is 44.6 Å². The molecule has 1 heterocycles. The van der Waals surface area contributed by atoms with Crippen molar-refractivity contribution in [2.75, 3.05) is 0 Å². The number of aryl methyl sites for hydroxylation is 2. The summed E-state index contributed by atoms with van der Waals surface area (Å²) in [6, 6.07) is 5.56. The summed E-state index contributed by atoms with van der Waals surface area (Å²) < 4.78 is 8.48. The molecule has 4 nitrogen and oxygen atoms in total. The summed E-state index contributed by atoms with van der Waals surface area (Å²) in [4.78, 5) is 0. The molecule has 1 aromatic carbocycles. The Hall–Kier alpha value is -1.04. The number of halogens is 2. The van der Waals surface area contributed by atoms with Crippen molar-refractivity contribution in [1.82, 2.24) is 9.78 Å². The molecular weight excluding hydrogens is 356 g/mol. The van der Waals surface area contributed by atoms with Crippen LogP contribution in [0.4, 0.5) is 0 Å². The molecule has 0 spiro atoms. The smallest absolute Gasteiger partial charge is 0.131 e. The molecule has 0 saturated heterocycles. The lowest BCUT2D eigenvalue weighted by molar-refractivity contribution is 0.189. The van der Waals surface area contributed by atoms with Crippen LogP contribution < -0.4 is 4.74 Å². The Morgan fingerprint density at radius 2 is 2.19 bits per heavy atom. The predicted octanol–water partition coefficient (Wildman–Crippen LogP) is 4.03. The van der Waals surface area contributed by atoms with Crippen molar-refractivity contribution in [2.24, 2.45) is 7.05 Å². The number of aliphatic hydroxyl groups is 1. The minimum absolute atomic E-state index is 0.304. The molecule has 0 amide bonds. The van der Waals surface area contributed by atoms with Crippen LogP contribution in [0.15, 0.2) is 22.7 Å². The van der Waals surface area contributed by atoms with Gasteiger partial charge in [0.25, 0.3) is 0 Å². The zero-order valence-electron chi connectivity index (χ0n) is 12.2. The molecule has 0 fully saturated rings. The Balaban J connectivity index is 2.24. The van der Waals surface area contributed by atoms with Crippen molar-refractivity contribution in [3.8, 4) is 5.75 Å². The molecule has 6 heteroatoms. The molecule has 1 atom stereocenters. The summed E-state index contributed by atoms with van der Waals surface area (Å²) in [6.07, 6.45) is 0.184. The number of aromatic nitrogens is 2. The molecule has 0 aliphatic rings. The molecule has 0 bridgehead atoms. The summed E-state index contributed by atoms with van der Waals surface area (Å²) in [5, 5.41) is 14.8. The van der Waals surface area contributed by atoms with Crippen LogP contribution in [-0.4, -0.2) is 14.9 Å². The van der Waals surface area contributed by atoms with Gasteiger partial charge in [-0.1, -0.05) is 40.5 Å². The van der Waals surface area contributed by atoms with Crippen LogP contribution in [0.2, 0.25) is 5.02 Å². The predicted molar refractivity (Wildman–Crippen MR) is 86.7 cm³/mol. The van der Waals surface area contributed by atoms with Gasteiger partial charge in [0.15, 0.2) is 0 Å². The summed E-state index contributed by atoms with van der Waals surface area (Å²) >= 11 is 9.72. The van der Waals surface area contributed by atoms with Crippen molar-refractivity contribution in [1.29, 1.82) is 0 Å². The highest BCUT2D eigenvalue weighted by atomic mass is 79.9. The van der Waals surface area contributed by atoms with E-state index in [1.54, 1.807) is 11.6 Å². The van der Waals surface area contributed by atoms with Crippen LogP contribution in [0.25, 0.3) is 0 Å². The number of hydrogen-bond donors (Lipinski definition) is 1. The molecule has 2 rings (SSSR count). The van der Waals surface area contributed by atoms with Gasteiger partial charge in [0.2, 0.25) is 0 Å². The lowest BCUT2D eigenvalue weighted by Crippen LogP contribution is -2.05. The van der Waals surface area contributed by atoms with Crippen LogP contribution in [0.3, 0.4) is 0 Å². The van der Waals surface area contributed by atoms with Gasteiger partial charge in [-0.3, -0.25) is 4.68 Å². The zero-order valence-corrected chi connectivity index (χ0v) is 14.6. The first-order chi connectivity index (χ1) is 9.93. The number of aliphatic hydroxyl groups excluding tert-OH is 1. The second-order valence-electron chi connectivity index (χ2n) is 4.83. The first kappa shape index (κ1) is 16.3. The van der Waals surface area contributed by atoms with Crippen molar-refractivity contribution in [3.63, 3.8) is 0 Å². The van der Waals surface area contributed by atoms with Gasteiger partial charge in [0.1, 0.15) is 12.4 Å². The van der Waals surface area contributed by atoms with Crippen LogP contribution >= 0.6 is 27.5 Å². The number of hydrogen-bond acceptors (Lipinski definition) is 3. The molecule has 0 aliphatic heterocycles. The second-order valence-corrected chi connectivity index (χ2v) is 6.12. The molecule has 0 unspecified atom stereocenters. The van der Waals surface area contributed by atoms with Crippen LogP contribution in [0, 0.1) is 0 Å². The van der Waals surface area contributed by atoms with Gasteiger partial charge in [-0.15, -0.1) is 0 Å². The maximum atomic E-state index is 9.81. The molecule has 1 aromatic heterocycles. The average Bonchev–Trinajstić information content (AvgIpc) is 2.71. The van der Waals surface area contributed by atoms with E-state index in [9.17, 15) is 5.11 Å². The molecule has 21 heavy (non-hydrogen) atoms. The average molecular weight is 374 g/mol. The van der Waals surface area contributed by atoms with Gasteiger partial charge in [-0.05, 0) is 25.5 Å². The van der Waals surface area contributed by atoms with E-state index in [0.717, 1.165) is 27.8 Å². The summed E-state index contributed by atoms with van der Waals surface area (Å²) in [5.41, 5.74) is 2.43. The third-order valence-corrected chi connectivity index (χ3v) is 4.22. The molecule has 0 aliphatic carbocycles. The fraction of sp³-hybridized carbons (Fsp3) is 0.400. The van der Waals surface area contributed by atoms with E-state index in [0.29, 0.717) is 17.4 Å². The van der Waals surface area contributed by atoms with Gasteiger partial charge in [0.05, 0.1) is 22.5 Å². The third kappa shape index (κ3) is 3.59. The van der Waals surface area contributed by atoms with Gasteiger partial charge in [-0.2, -0.15) is 5.10 Å². The van der Waals surface area contributed by atoms with Crippen molar-refractivity contribution < 1.29 is 9.84 Å². The topological polar surface area (TPSA) is 47.3 Å². The third-order valence-electron chi connectivity index (χ3n) is 3.29. The molecule has 0 radical (unpaired) electrons. The molecule has 0 saturated carbocycles. The zero-order chi connectivity index (χ0) is 15.6. The van der Waals surface area contributed by atoms with Gasteiger partial charge >= 0.3 is 0 Å². The number of nitrogens with zero attached hydrogens (tertiary/aromatic N) is 2. The van der Waals surface area contributed by atoms with E-state index in [2.05, 4.69) is 21.0 Å². The van der Waals surface area contributed by atoms with Crippen molar-refractivity contribution in [2.45, 2.75) is 33.0 Å². The van der Waals surface area contributed by atoms with E-state index >= 15 is 0 Å². The Labute approximate surface area is 137 Å². The quantitative estimate of drug-likeness (QED) is 0.860. The minimum Gasteiger partial charge on any atom is -0.487 e. The Kier molecular flexibility index (Phi) is 5.30. The fourth-order valence-corrected chi connectivity index (χ4v) is 2.79. The maximum Gasteiger partial charge on any atom is 0.131 e. The number of rotatable bonds is 5. The Morgan fingerprint density at radius 3 is 2.76 bits per heavy atom. The van der Waals surface area contributed by atoms with E-state index < -0.39 is 6.10 Å².